The van der Waals surface area contributed by atoms with Gasteiger partial charge in [-0.3, -0.25) is 9.48 Å². The summed E-state index contributed by atoms with van der Waals surface area (Å²) in [6.45, 7) is 6.51. The van der Waals surface area contributed by atoms with Gasteiger partial charge in [0, 0.05) is 37.9 Å². The third-order valence-corrected chi connectivity index (χ3v) is 5.93. The van der Waals surface area contributed by atoms with Crippen LogP contribution in [0.5, 0.6) is 0 Å². The van der Waals surface area contributed by atoms with Crippen LogP contribution in [0.15, 0.2) is 0 Å². The second kappa shape index (κ2) is 8.55. The van der Waals surface area contributed by atoms with Crippen molar-refractivity contribution >= 4 is 5.91 Å². The van der Waals surface area contributed by atoms with Crippen LogP contribution < -0.4 is 5.32 Å². The number of hydrogen-bond donors (Lipinski definition) is 1. The van der Waals surface area contributed by atoms with E-state index in [1.165, 1.54) is 43.4 Å². The van der Waals surface area contributed by atoms with Crippen molar-refractivity contribution in [2.45, 2.75) is 77.8 Å². The number of nitrogens with one attached hydrogen (secondary N) is 1. The van der Waals surface area contributed by atoms with Crippen LogP contribution in [0.25, 0.3) is 0 Å². The van der Waals surface area contributed by atoms with E-state index >= 15 is 0 Å². The van der Waals surface area contributed by atoms with Gasteiger partial charge in [0.25, 0.3) is 5.91 Å². The molecule has 1 aromatic heterocycles. The minimum atomic E-state index is 0.0492. The van der Waals surface area contributed by atoms with E-state index in [1.807, 2.05) is 14.1 Å². The van der Waals surface area contributed by atoms with Crippen LogP contribution in [0.4, 0.5) is 0 Å². The van der Waals surface area contributed by atoms with Crippen LogP contribution in [-0.2, 0) is 19.4 Å². The molecule has 2 aliphatic rings. The highest BCUT2D eigenvalue weighted by atomic mass is 16.2. The van der Waals surface area contributed by atoms with Gasteiger partial charge in [0.2, 0.25) is 0 Å². The normalized spacial score (nSPS) is 21.0. The molecule has 1 N–H and O–H groups in total. The van der Waals surface area contributed by atoms with Crippen LogP contribution in [0, 0.1) is 11.8 Å². The lowest BCUT2D eigenvalue weighted by molar-refractivity contribution is 0.0819. The lowest BCUT2D eigenvalue weighted by Crippen LogP contribution is -2.37. The van der Waals surface area contributed by atoms with E-state index in [4.69, 9.17) is 5.10 Å². The van der Waals surface area contributed by atoms with E-state index in [9.17, 15) is 4.79 Å². The predicted octanol–water partition coefficient (Wildman–Crippen LogP) is 3.27. The monoisotopic (exact) mass is 360 g/mol. The first kappa shape index (κ1) is 19.4. The highest BCUT2D eigenvalue weighted by Crippen LogP contribution is 2.30. The van der Waals surface area contributed by atoms with Gasteiger partial charge in [0.05, 0.1) is 0 Å². The van der Waals surface area contributed by atoms with Gasteiger partial charge in [-0.2, -0.15) is 5.10 Å². The van der Waals surface area contributed by atoms with Crippen molar-refractivity contribution in [1.82, 2.24) is 20.0 Å². The van der Waals surface area contributed by atoms with Gasteiger partial charge in [-0.25, -0.2) is 0 Å². The summed E-state index contributed by atoms with van der Waals surface area (Å²) in [6, 6.07) is 0.464. The summed E-state index contributed by atoms with van der Waals surface area (Å²) in [6.07, 6.45) is 9.80. The summed E-state index contributed by atoms with van der Waals surface area (Å²) >= 11 is 0. The molecule has 1 aromatic rings. The molecule has 0 spiro atoms. The lowest BCUT2D eigenvalue weighted by atomic mass is 9.88. The Morgan fingerprint density at radius 2 is 1.96 bits per heavy atom. The van der Waals surface area contributed by atoms with Crippen LogP contribution >= 0.6 is 0 Å². The number of carbonyl (C=O) groups excluding carboxylic acids is 1. The van der Waals surface area contributed by atoms with Gasteiger partial charge in [-0.05, 0) is 50.5 Å². The minimum Gasteiger partial charge on any atom is -0.343 e. The number of hydrogen-bond acceptors (Lipinski definition) is 3. The Labute approximate surface area is 158 Å². The molecule has 26 heavy (non-hydrogen) atoms. The maximum Gasteiger partial charge on any atom is 0.274 e. The topological polar surface area (TPSA) is 50.2 Å². The summed E-state index contributed by atoms with van der Waals surface area (Å²) in [7, 11) is 3.65. The van der Waals surface area contributed by atoms with Crippen molar-refractivity contribution in [2.24, 2.45) is 11.8 Å². The maximum absolute atomic E-state index is 12.7. The van der Waals surface area contributed by atoms with Crippen molar-refractivity contribution in [3.05, 3.63) is 17.0 Å². The SMILES string of the molecule is CC(C)CN[C@@H]1CCc2c(c(C(=O)N(C)C)nn2CC2CCCCC2)C1. The molecule has 1 heterocycles. The molecular weight excluding hydrogens is 324 g/mol. The van der Waals surface area contributed by atoms with Crippen LogP contribution in [0.1, 0.15) is 74.1 Å². The number of fused-ring (bicyclic) bond motifs is 1. The zero-order valence-electron chi connectivity index (χ0n) is 17.1. The van der Waals surface area contributed by atoms with Gasteiger partial charge < -0.3 is 10.2 Å². The van der Waals surface area contributed by atoms with Crippen molar-refractivity contribution < 1.29 is 4.79 Å². The molecule has 5 nitrogen and oxygen atoms in total. The fraction of sp³-hybridized carbons (Fsp3) is 0.810. The standard InChI is InChI=1S/C21H36N4O/c1-15(2)13-22-17-10-11-19-18(12-17)20(21(26)24(3)4)23-25(19)14-16-8-6-5-7-9-16/h15-17,22H,5-14H2,1-4H3/t17-/m1/s1. The molecule has 0 saturated heterocycles. The molecule has 0 aromatic carbocycles. The summed E-state index contributed by atoms with van der Waals surface area (Å²) in [5, 5.41) is 8.52. The molecule has 1 saturated carbocycles. The number of amides is 1. The number of carbonyl (C=O) groups is 1. The number of aromatic nitrogens is 2. The third kappa shape index (κ3) is 4.48. The lowest BCUT2D eigenvalue weighted by Gasteiger charge is -2.27. The van der Waals surface area contributed by atoms with Crippen LogP contribution in [-0.4, -0.2) is 47.3 Å². The highest BCUT2D eigenvalue weighted by molar-refractivity contribution is 5.93. The van der Waals surface area contributed by atoms with E-state index in [-0.39, 0.29) is 5.91 Å². The van der Waals surface area contributed by atoms with E-state index in [0.29, 0.717) is 17.7 Å². The van der Waals surface area contributed by atoms with Crippen LogP contribution in [0.3, 0.4) is 0 Å². The molecule has 5 heteroatoms. The van der Waals surface area contributed by atoms with Crippen molar-refractivity contribution in [3.63, 3.8) is 0 Å². The summed E-state index contributed by atoms with van der Waals surface area (Å²) in [5.74, 6) is 1.42. The predicted molar refractivity (Wildman–Crippen MR) is 105 cm³/mol. The molecule has 146 valence electrons. The molecule has 0 bridgehead atoms. The Hall–Kier alpha value is -1.36. The Morgan fingerprint density at radius 1 is 1.23 bits per heavy atom. The first-order valence-corrected chi connectivity index (χ1v) is 10.5. The van der Waals surface area contributed by atoms with E-state index in [1.54, 1.807) is 4.90 Å². The number of rotatable bonds is 6. The first-order chi connectivity index (χ1) is 12.5. The average molecular weight is 361 g/mol. The third-order valence-electron chi connectivity index (χ3n) is 5.93. The van der Waals surface area contributed by atoms with Crippen molar-refractivity contribution in [1.29, 1.82) is 0 Å². The molecule has 1 amide bonds. The summed E-state index contributed by atoms with van der Waals surface area (Å²) < 4.78 is 2.20. The van der Waals surface area contributed by atoms with Gasteiger partial charge in [0.1, 0.15) is 0 Å². The summed E-state index contributed by atoms with van der Waals surface area (Å²) in [4.78, 5) is 14.4. The zero-order chi connectivity index (χ0) is 18.7. The molecule has 1 atom stereocenters. The molecule has 1 fully saturated rings. The zero-order valence-corrected chi connectivity index (χ0v) is 17.1. The van der Waals surface area contributed by atoms with E-state index in [0.717, 1.165) is 38.3 Å². The Bertz CT molecular complexity index is 614. The molecule has 0 aliphatic heterocycles. The molecule has 0 radical (unpaired) electrons. The van der Waals surface area contributed by atoms with Crippen molar-refractivity contribution in [2.75, 3.05) is 20.6 Å². The Kier molecular flexibility index (Phi) is 6.38. The van der Waals surface area contributed by atoms with Gasteiger partial charge in [0.15, 0.2) is 5.69 Å². The molecule has 3 rings (SSSR count). The van der Waals surface area contributed by atoms with Gasteiger partial charge in [-0.15, -0.1) is 0 Å². The Balaban J connectivity index is 1.81. The fourth-order valence-electron chi connectivity index (χ4n) is 4.41. The smallest absolute Gasteiger partial charge is 0.274 e. The largest absolute Gasteiger partial charge is 0.343 e. The highest BCUT2D eigenvalue weighted by Gasteiger charge is 2.30. The first-order valence-electron chi connectivity index (χ1n) is 10.5. The number of nitrogens with zero attached hydrogens (tertiary/aromatic N) is 3. The quantitative estimate of drug-likeness (QED) is 0.847. The molecule has 0 unspecified atom stereocenters. The van der Waals surface area contributed by atoms with Crippen LogP contribution in [0.2, 0.25) is 0 Å². The Morgan fingerprint density at radius 3 is 2.62 bits per heavy atom. The van der Waals surface area contributed by atoms with E-state index < -0.39 is 0 Å². The van der Waals surface area contributed by atoms with Gasteiger partial charge in [-0.1, -0.05) is 33.1 Å². The second-order valence-corrected chi connectivity index (χ2v) is 8.90. The van der Waals surface area contributed by atoms with Gasteiger partial charge >= 0.3 is 0 Å². The average Bonchev–Trinajstić information content (AvgIpc) is 2.98. The van der Waals surface area contributed by atoms with Crippen molar-refractivity contribution in [3.8, 4) is 0 Å². The maximum atomic E-state index is 12.7. The molecule has 2 aliphatic carbocycles. The minimum absolute atomic E-state index is 0.0492. The van der Waals surface area contributed by atoms with E-state index in [2.05, 4.69) is 23.8 Å². The summed E-state index contributed by atoms with van der Waals surface area (Å²) in [5.41, 5.74) is 3.22. The molecular formula is C21H36N4O. The second-order valence-electron chi connectivity index (χ2n) is 8.90. The fourth-order valence-corrected chi connectivity index (χ4v) is 4.41.